The predicted molar refractivity (Wildman–Crippen MR) is 117 cm³/mol. The zero-order chi connectivity index (χ0) is 21.6. The molecule has 0 bridgehead atoms. The molecule has 7 nitrogen and oxygen atoms in total. The Kier molecular flexibility index (Phi) is 5.06. The number of aryl methyl sites for hydroxylation is 1. The fourth-order valence-electron chi connectivity index (χ4n) is 4.80. The van der Waals surface area contributed by atoms with Crippen molar-refractivity contribution in [2.75, 3.05) is 29.9 Å². The van der Waals surface area contributed by atoms with Crippen molar-refractivity contribution in [2.45, 2.75) is 37.0 Å². The molecule has 0 atom stereocenters. The van der Waals surface area contributed by atoms with Gasteiger partial charge in [-0.2, -0.15) is 4.31 Å². The van der Waals surface area contributed by atoms with Crippen molar-refractivity contribution >= 4 is 33.2 Å². The first-order chi connectivity index (χ1) is 14.9. The number of nitrogens with one attached hydrogen (secondary N) is 1. The van der Waals surface area contributed by atoms with Crippen LogP contribution in [0.15, 0.2) is 47.4 Å². The van der Waals surface area contributed by atoms with Crippen LogP contribution >= 0.6 is 0 Å². The SMILES string of the molecule is O=C1CCc2cc(S(=O)(=O)N3CCC(C(=O)N4CCc5ccccc54)CC3)ccc2N1. The van der Waals surface area contributed by atoms with Gasteiger partial charge in [-0.3, -0.25) is 9.59 Å². The van der Waals surface area contributed by atoms with Crippen LogP contribution < -0.4 is 10.2 Å². The second kappa shape index (κ2) is 7.76. The van der Waals surface area contributed by atoms with E-state index >= 15 is 0 Å². The predicted octanol–water partition coefficient (Wildman–Crippen LogP) is 2.56. The first-order valence-corrected chi connectivity index (χ1v) is 12.2. The average Bonchev–Trinajstić information content (AvgIpc) is 3.22. The molecule has 1 saturated heterocycles. The van der Waals surface area contributed by atoms with E-state index in [1.54, 1.807) is 18.2 Å². The van der Waals surface area contributed by atoms with E-state index in [0.717, 1.165) is 17.7 Å². The summed E-state index contributed by atoms with van der Waals surface area (Å²) in [7, 11) is -3.63. The van der Waals surface area contributed by atoms with Gasteiger partial charge in [-0.15, -0.1) is 0 Å². The van der Waals surface area contributed by atoms with Gasteiger partial charge < -0.3 is 10.2 Å². The highest BCUT2D eigenvalue weighted by Gasteiger charge is 2.36. The van der Waals surface area contributed by atoms with Gasteiger partial charge in [0.1, 0.15) is 0 Å². The number of anilines is 2. The molecule has 3 aliphatic heterocycles. The largest absolute Gasteiger partial charge is 0.326 e. The molecule has 1 N–H and O–H groups in total. The number of carbonyl (C=O) groups excluding carboxylic acids is 2. The average molecular weight is 440 g/mol. The zero-order valence-electron chi connectivity index (χ0n) is 17.2. The van der Waals surface area contributed by atoms with Crippen molar-refractivity contribution in [3.63, 3.8) is 0 Å². The summed E-state index contributed by atoms with van der Waals surface area (Å²) < 4.78 is 27.8. The highest BCUT2D eigenvalue weighted by Crippen LogP contribution is 2.33. The van der Waals surface area contributed by atoms with E-state index in [1.165, 1.54) is 9.87 Å². The molecule has 162 valence electrons. The van der Waals surface area contributed by atoms with Crippen LogP contribution in [0, 0.1) is 5.92 Å². The van der Waals surface area contributed by atoms with Crippen molar-refractivity contribution in [3.05, 3.63) is 53.6 Å². The maximum absolute atomic E-state index is 13.2. The van der Waals surface area contributed by atoms with E-state index in [1.807, 2.05) is 23.1 Å². The molecule has 1 fully saturated rings. The van der Waals surface area contributed by atoms with Crippen molar-refractivity contribution in [1.29, 1.82) is 0 Å². The number of sulfonamides is 1. The summed E-state index contributed by atoms with van der Waals surface area (Å²) in [6, 6.07) is 12.9. The van der Waals surface area contributed by atoms with Gasteiger partial charge in [0.15, 0.2) is 0 Å². The van der Waals surface area contributed by atoms with Crippen LogP contribution in [0.1, 0.15) is 30.4 Å². The molecular formula is C23H25N3O4S. The zero-order valence-corrected chi connectivity index (χ0v) is 18.0. The molecule has 0 saturated carbocycles. The van der Waals surface area contributed by atoms with E-state index < -0.39 is 10.0 Å². The minimum atomic E-state index is -3.63. The van der Waals surface area contributed by atoms with E-state index in [9.17, 15) is 18.0 Å². The second-order valence-corrected chi connectivity index (χ2v) is 10.4. The third-order valence-electron chi connectivity index (χ3n) is 6.57. The van der Waals surface area contributed by atoms with E-state index in [2.05, 4.69) is 11.4 Å². The van der Waals surface area contributed by atoms with Gasteiger partial charge in [0.2, 0.25) is 21.8 Å². The van der Waals surface area contributed by atoms with Gasteiger partial charge in [-0.1, -0.05) is 18.2 Å². The van der Waals surface area contributed by atoms with Gasteiger partial charge in [-0.05, 0) is 61.1 Å². The molecule has 31 heavy (non-hydrogen) atoms. The summed E-state index contributed by atoms with van der Waals surface area (Å²) in [5.41, 5.74) is 3.71. The number of nitrogens with zero attached hydrogens (tertiary/aromatic N) is 2. The first-order valence-electron chi connectivity index (χ1n) is 10.8. The molecule has 0 spiro atoms. The Balaban J connectivity index is 1.27. The fraction of sp³-hybridized carbons (Fsp3) is 0.391. The number of benzene rings is 2. The summed E-state index contributed by atoms with van der Waals surface area (Å²) >= 11 is 0. The van der Waals surface area contributed by atoms with Crippen molar-refractivity contribution < 1.29 is 18.0 Å². The van der Waals surface area contributed by atoms with E-state index in [-0.39, 0.29) is 22.6 Å². The fourth-order valence-corrected chi connectivity index (χ4v) is 6.32. The Bertz CT molecular complexity index is 1150. The smallest absolute Gasteiger partial charge is 0.243 e. The lowest BCUT2D eigenvalue weighted by Gasteiger charge is -2.33. The molecule has 3 heterocycles. The van der Waals surface area contributed by atoms with Gasteiger partial charge in [0.25, 0.3) is 0 Å². The van der Waals surface area contributed by atoms with Crippen LogP contribution in [0.25, 0.3) is 0 Å². The van der Waals surface area contributed by atoms with Crippen LogP contribution in [-0.4, -0.2) is 44.2 Å². The molecule has 2 aromatic carbocycles. The summed E-state index contributed by atoms with van der Waals surface area (Å²) in [6.45, 7) is 1.37. The van der Waals surface area contributed by atoms with Gasteiger partial charge in [-0.25, -0.2) is 8.42 Å². The number of carbonyl (C=O) groups is 2. The summed E-state index contributed by atoms with van der Waals surface area (Å²) in [6.07, 6.45) is 2.82. The van der Waals surface area contributed by atoms with Crippen LogP contribution in [-0.2, 0) is 32.5 Å². The maximum Gasteiger partial charge on any atom is 0.243 e. The summed E-state index contributed by atoms with van der Waals surface area (Å²) in [5.74, 6) is -0.0988. The number of amides is 2. The number of hydrogen-bond donors (Lipinski definition) is 1. The molecule has 2 amide bonds. The molecule has 0 aliphatic carbocycles. The molecule has 0 unspecified atom stereocenters. The van der Waals surface area contributed by atoms with Gasteiger partial charge >= 0.3 is 0 Å². The van der Waals surface area contributed by atoms with E-state index in [4.69, 9.17) is 0 Å². The Morgan fingerprint density at radius 1 is 0.935 bits per heavy atom. The summed E-state index contributed by atoms with van der Waals surface area (Å²) in [5, 5.41) is 2.78. The van der Waals surface area contributed by atoms with Crippen molar-refractivity contribution in [1.82, 2.24) is 4.31 Å². The third-order valence-corrected chi connectivity index (χ3v) is 8.46. The lowest BCUT2D eigenvalue weighted by Crippen LogP contribution is -2.44. The number of rotatable bonds is 3. The first kappa shape index (κ1) is 20.2. The Labute approximate surface area is 182 Å². The third kappa shape index (κ3) is 3.64. The maximum atomic E-state index is 13.2. The van der Waals surface area contributed by atoms with Gasteiger partial charge in [0.05, 0.1) is 4.90 Å². The molecule has 3 aliphatic rings. The highest BCUT2D eigenvalue weighted by molar-refractivity contribution is 7.89. The van der Waals surface area contributed by atoms with Gasteiger partial charge in [0, 0.05) is 43.3 Å². The molecule has 0 radical (unpaired) electrons. The number of para-hydroxylation sites is 1. The van der Waals surface area contributed by atoms with E-state index in [0.29, 0.717) is 51.0 Å². The second-order valence-electron chi connectivity index (χ2n) is 8.41. The van der Waals surface area contributed by atoms with Crippen LogP contribution in [0.5, 0.6) is 0 Å². The standard InChI is InChI=1S/C23H25N3O4S/c27-22-8-5-18-15-19(6-7-20(18)24-22)31(29,30)25-12-9-17(10-13-25)23(28)26-14-11-16-3-1-2-4-21(16)26/h1-4,6-7,15,17H,5,8-14H2,(H,24,27). The Morgan fingerprint density at radius 3 is 2.52 bits per heavy atom. The topological polar surface area (TPSA) is 86.8 Å². The lowest BCUT2D eigenvalue weighted by molar-refractivity contribution is -0.123. The minimum absolute atomic E-state index is 0.0459. The Morgan fingerprint density at radius 2 is 1.71 bits per heavy atom. The number of piperidine rings is 1. The van der Waals surface area contributed by atoms with Crippen molar-refractivity contribution in [2.24, 2.45) is 5.92 Å². The molecule has 5 rings (SSSR count). The molecule has 8 heteroatoms. The lowest BCUT2D eigenvalue weighted by atomic mass is 9.96. The summed E-state index contributed by atoms with van der Waals surface area (Å²) in [4.78, 5) is 26.7. The minimum Gasteiger partial charge on any atom is -0.326 e. The quantitative estimate of drug-likeness (QED) is 0.796. The monoisotopic (exact) mass is 439 g/mol. The van der Waals surface area contributed by atoms with Crippen molar-refractivity contribution in [3.8, 4) is 0 Å². The molecule has 2 aromatic rings. The van der Waals surface area contributed by atoms with Crippen LogP contribution in [0.4, 0.5) is 11.4 Å². The van der Waals surface area contributed by atoms with Crippen LogP contribution in [0.2, 0.25) is 0 Å². The molecular weight excluding hydrogens is 414 g/mol. The number of hydrogen-bond acceptors (Lipinski definition) is 4. The number of fused-ring (bicyclic) bond motifs is 2. The van der Waals surface area contributed by atoms with Crippen LogP contribution in [0.3, 0.4) is 0 Å². The normalized spacial score (nSPS) is 19.6. The highest BCUT2D eigenvalue weighted by atomic mass is 32.2. The molecule has 0 aromatic heterocycles. The Hall–Kier alpha value is -2.71.